The van der Waals surface area contributed by atoms with Gasteiger partial charge in [0.05, 0.1) is 17.7 Å². The summed E-state index contributed by atoms with van der Waals surface area (Å²) in [6.45, 7) is 5.73. The quantitative estimate of drug-likeness (QED) is 0.916. The summed E-state index contributed by atoms with van der Waals surface area (Å²) in [4.78, 5) is 6.19. The van der Waals surface area contributed by atoms with Crippen LogP contribution < -0.4 is 0 Å². The van der Waals surface area contributed by atoms with Crippen LogP contribution in [0.25, 0.3) is 0 Å². The third-order valence-electron chi connectivity index (χ3n) is 4.28. The van der Waals surface area contributed by atoms with Crippen molar-refractivity contribution in [1.82, 2.24) is 9.80 Å². The van der Waals surface area contributed by atoms with Gasteiger partial charge in [0.1, 0.15) is 0 Å². The van der Waals surface area contributed by atoms with Gasteiger partial charge in [-0.3, -0.25) is 9.80 Å². The van der Waals surface area contributed by atoms with Crippen LogP contribution >= 0.6 is 11.3 Å². The molecule has 2 heterocycles. The van der Waals surface area contributed by atoms with Gasteiger partial charge in [-0.25, -0.2) is 0 Å². The predicted octanol–water partition coefficient (Wildman–Crippen LogP) is 2.47. The minimum Gasteiger partial charge on any atom is -0.387 e. The highest BCUT2D eigenvalue weighted by Crippen LogP contribution is 2.17. The van der Waals surface area contributed by atoms with E-state index in [9.17, 15) is 5.11 Å². The van der Waals surface area contributed by atoms with Crippen LogP contribution in [0, 0.1) is 11.3 Å². The van der Waals surface area contributed by atoms with Crippen LogP contribution in [0.3, 0.4) is 0 Å². The average Bonchev–Trinajstić information content (AvgIpc) is 3.10. The molecule has 3 rings (SSSR count). The lowest BCUT2D eigenvalue weighted by Gasteiger charge is -2.35. The highest BCUT2D eigenvalue weighted by Gasteiger charge is 2.20. The summed E-state index contributed by atoms with van der Waals surface area (Å²) in [5.74, 6) is 0. The maximum absolute atomic E-state index is 10.4. The second-order valence-electron chi connectivity index (χ2n) is 5.91. The first kappa shape index (κ1) is 16.2. The number of aliphatic hydroxyl groups excluding tert-OH is 1. The summed E-state index contributed by atoms with van der Waals surface area (Å²) in [7, 11) is 0. The molecular formula is C18H21N3OS. The van der Waals surface area contributed by atoms with Gasteiger partial charge in [-0.1, -0.05) is 18.2 Å². The van der Waals surface area contributed by atoms with Crippen molar-refractivity contribution in [2.24, 2.45) is 0 Å². The van der Waals surface area contributed by atoms with Gasteiger partial charge in [0, 0.05) is 44.1 Å². The monoisotopic (exact) mass is 327 g/mol. The molecule has 1 saturated heterocycles. The second kappa shape index (κ2) is 7.71. The fraction of sp³-hybridized carbons (Fsp3) is 0.389. The Labute approximate surface area is 141 Å². The maximum atomic E-state index is 10.4. The fourth-order valence-electron chi connectivity index (χ4n) is 2.88. The molecule has 23 heavy (non-hydrogen) atoms. The molecule has 1 N–H and O–H groups in total. The Hall–Kier alpha value is -1.71. The summed E-state index contributed by atoms with van der Waals surface area (Å²) < 4.78 is 0. The van der Waals surface area contributed by atoms with E-state index in [1.807, 2.05) is 23.5 Å². The van der Waals surface area contributed by atoms with E-state index in [0.29, 0.717) is 12.1 Å². The summed E-state index contributed by atoms with van der Waals surface area (Å²) >= 11 is 1.81. The Bertz CT molecular complexity index is 640. The van der Waals surface area contributed by atoms with E-state index in [2.05, 4.69) is 33.4 Å². The molecule has 1 unspecified atom stereocenters. The number of nitriles is 1. The molecule has 1 atom stereocenters. The summed E-state index contributed by atoms with van der Waals surface area (Å²) in [6, 6.07) is 13.6. The number of piperazine rings is 1. The average molecular weight is 327 g/mol. The van der Waals surface area contributed by atoms with Gasteiger partial charge in [-0.15, -0.1) is 11.3 Å². The van der Waals surface area contributed by atoms with E-state index in [1.54, 1.807) is 12.1 Å². The lowest BCUT2D eigenvalue weighted by molar-refractivity contribution is 0.0704. The third kappa shape index (κ3) is 4.40. The lowest BCUT2D eigenvalue weighted by Crippen LogP contribution is -2.46. The largest absolute Gasteiger partial charge is 0.387 e. The Kier molecular flexibility index (Phi) is 5.42. The van der Waals surface area contributed by atoms with Crippen molar-refractivity contribution >= 4 is 11.3 Å². The second-order valence-corrected chi connectivity index (χ2v) is 6.94. The van der Waals surface area contributed by atoms with Crippen LogP contribution in [0.4, 0.5) is 0 Å². The van der Waals surface area contributed by atoms with Gasteiger partial charge in [0.2, 0.25) is 0 Å². The number of hydrogen-bond donors (Lipinski definition) is 1. The van der Waals surface area contributed by atoms with Gasteiger partial charge in [0.25, 0.3) is 0 Å². The van der Waals surface area contributed by atoms with E-state index in [0.717, 1.165) is 38.3 Å². The van der Waals surface area contributed by atoms with Crippen molar-refractivity contribution < 1.29 is 5.11 Å². The zero-order valence-corrected chi connectivity index (χ0v) is 13.9. The molecule has 1 fully saturated rings. The number of rotatable bonds is 5. The number of benzene rings is 1. The van der Waals surface area contributed by atoms with Crippen molar-refractivity contribution in [3.8, 4) is 6.07 Å². The number of thiophene rings is 1. The molecule has 1 aliphatic heterocycles. The molecule has 0 radical (unpaired) electrons. The zero-order chi connectivity index (χ0) is 16.1. The van der Waals surface area contributed by atoms with Gasteiger partial charge in [-0.2, -0.15) is 5.26 Å². The van der Waals surface area contributed by atoms with E-state index in [4.69, 9.17) is 5.26 Å². The van der Waals surface area contributed by atoms with Crippen molar-refractivity contribution in [2.75, 3.05) is 32.7 Å². The maximum Gasteiger partial charge on any atom is 0.0991 e. The molecule has 0 spiro atoms. The van der Waals surface area contributed by atoms with Crippen LogP contribution in [-0.2, 0) is 6.54 Å². The first-order valence-electron chi connectivity index (χ1n) is 7.90. The van der Waals surface area contributed by atoms with Gasteiger partial charge < -0.3 is 5.11 Å². The predicted molar refractivity (Wildman–Crippen MR) is 92.2 cm³/mol. The molecular weight excluding hydrogens is 306 g/mol. The zero-order valence-electron chi connectivity index (χ0n) is 13.1. The molecule has 1 aliphatic rings. The van der Waals surface area contributed by atoms with Crippen LogP contribution in [0.2, 0.25) is 0 Å². The fourth-order valence-corrected chi connectivity index (χ4v) is 3.63. The minimum absolute atomic E-state index is 0.494. The lowest BCUT2D eigenvalue weighted by atomic mass is 10.1. The minimum atomic E-state index is -0.494. The standard InChI is InChI=1S/C18H21N3OS/c19-12-15-3-5-16(6-4-15)18(22)14-21-9-7-20(8-10-21)13-17-2-1-11-23-17/h1-6,11,18,22H,7-10,13-14H2. The topological polar surface area (TPSA) is 50.5 Å². The van der Waals surface area contributed by atoms with E-state index >= 15 is 0 Å². The molecule has 0 aliphatic carbocycles. The normalized spacial score (nSPS) is 17.7. The van der Waals surface area contributed by atoms with E-state index in [1.165, 1.54) is 4.88 Å². The van der Waals surface area contributed by atoms with Crippen molar-refractivity contribution in [3.63, 3.8) is 0 Å². The summed E-state index contributed by atoms with van der Waals surface area (Å²) in [5, 5.41) is 21.3. The smallest absolute Gasteiger partial charge is 0.0991 e. The summed E-state index contributed by atoms with van der Waals surface area (Å²) in [5.41, 5.74) is 1.51. The van der Waals surface area contributed by atoms with Crippen LogP contribution in [0.5, 0.6) is 0 Å². The molecule has 1 aromatic carbocycles. The Morgan fingerprint density at radius 1 is 1.09 bits per heavy atom. The van der Waals surface area contributed by atoms with E-state index < -0.39 is 6.10 Å². The number of hydrogen-bond acceptors (Lipinski definition) is 5. The number of nitrogens with zero attached hydrogens (tertiary/aromatic N) is 3. The van der Waals surface area contributed by atoms with Crippen molar-refractivity contribution in [2.45, 2.75) is 12.6 Å². The van der Waals surface area contributed by atoms with Gasteiger partial charge >= 0.3 is 0 Å². The van der Waals surface area contributed by atoms with Crippen LogP contribution in [0.1, 0.15) is 22.1 Å². The molecule has 4 nitrogen and oxygen atoms in total. The Balaban J connectivity index is 1.47. The highest BCUT2D eigenvalue weighted by molar-refractivity contribution is 7.09. The Morgan fingerprint density at radius 3 is 2.39 bits per heavy atom. The molecule has 0 amide bonds. The van der Waals surface area contributed by atoms with Gasteiger partial charge in [-0.05, 0) is 29.1 Å². The van der Waals surface area contributed by atoms with Gasteiger partial charge in [0.15, 0.2) is 0 Å². The molecule has 120 valence electrons. The molecule has 5 heteroatoms. The van der Waals surface area contributed by atoms with E-state index in [-0.39, 0.29) is 0 Å². The third-order valence-corrected chi connectivity index (χ3v) is 5.14. The molecule has 1 aromatic heterocycles. The Morgan fingerprint density at radius 2 is 1.78 bits per heavy atom. The molecule has 2 aromatic rings. The molecule has 0 bridgehead atoms. The van der Waals surface area contributed by atoms with Crippen molar-refractivity contribution in [3.05, 3.63) is 57.8 Å². The molecule has 0 saturated carbocycles. The van der Waals surface area contributed by atoms with Crippen LogP contribution in [0.15, 0.2) is 41.8 Å². The van der Waals surface area contributed by atoms with Crippen LogP contribution in [-0.4, -0.2) is 47.6 Å². The number of aliphatic hydroxyl groups is 1. The summed E-state index contributed by atoms with van der Waals surface area (Å²) in [6.07, 6.45) is -0.494. The SMILES string of the molecule is N#Cc1ccc(C(O)CN2CCN(Cc3cccs3)CC2)cc1. The number of β-amino-alcohol motifs (C(OH)–C–C–N with tert-alkyl or cyclic N) is 1. The highest BCUT2D eigenvalue weighted by atomic mass is 32.1. The van der Waals surface area contributed by atoms with Crippen molar-refractivity contribution in [1.29, 1.82) is 5.26 Å². The first-order chi connectivity index (χ1) is 11.2. The first-order valence-corrected chi connectivity index (χ1v) is 8.78.